The van der Waals surface area contributed by atoms with Gasteiger partial charge >= 0.3 is 0 Å². The van der Waals surface area contributed by atoms with Gasteiger partial charge in [-0.1, -0.05) is 173 Å². The maximum Gasteiger partial charge on any atom is 0.0717 e. The summed E-state index contributed by atoms with van der Waals surface area (Å²) in [6.07, 6.45) is 15.7. The van der Waals surface area contributed by atoms with Crippen LogP contribution in [0.25, 0.3) is 94.8 Å². The Morgan fingerprint density at radius 3 is 1.22 bits per heavy atom. The topological polar surface area (TPSA) is 51.6 Å². The van der Waals surface area contributed by atoms with Crippen LogP contribution in [0.3, 0.4) is 0 Å². The SMILES string of the molecule is C=C/C=C(\C=C/C)c1ccc(-c2ccccc2-c2cc(-c3ccccc3-c3ccc(-c4ccccc4)nc3)cc(-c3ccccc3-c3ccc(-c4ccc(C(C)(C)C)nc4)nc3)c2)cn1. The van der Waals surface area contributed by atoms with Crippen LogP contribution in [-0.4, -0.2) is 19.9 Å². The molecule has 4 heterocycles. The molecule has 0 aliphatic heterocycles. The Hall–Kier alpha value is -8.08. The Morgan fingerprint density at radius 1 is 0.415 bits per heavy atom. The third kappa shape index (κ3) is 9.20. The average molecular weight is 839 g/mol. The molecule has 0 spiro atoms. The van der Waals surface area contributed by atoms with E-state index >= 15 is 0 Å². The van der Waals surface area contributed by atoms with Crippen molar-refractivity contribution in [2.24, 2.45) is 0 Å². The Kier molecular flexibility index (Phi) is 12.2. The van der Waals surface area contributed by atoms with Gasteiger partial charge in [-0.3, -0.25) is 19.9 Å². The molecule has 0 aliphatic carbocycles. The maximum absolute atomic E-state index is 4.97. The minimum absolute atomic E-state index is 0.0194. The van der Waals surface area contributed by atoms with Crippen molar-refractivity contribution >= 4 is 5.57 Å². The van der Waals surface area contributed by atoms with E-state index in [0.717, 1.165) is 106 Å². The predicted molar refractivity (Wildman–Crippen MR) is 273 cm³/mol. The van der Waals surface area contributed by atoms with Gasteiger partial charge in [0.05, 0.1) is 17.1 Å². The van der Waals surface area contributed by atoms with Crippen LogP contribution in [0.5, 0.6) is 0 Å². The van der Waals surface area contributed by atoms with Crippen LogP contribution >= 0.6 is 0 Å². The molecule has 0 aliphatic rings. The van der Waals surface area contributed by atoms with Gasteiger partial charge in [0.1, 0.15) is 0 Å². The first-order valence-electron chi connectivity index (χ1n) is 22.1. The van der Waals surface area contributed by atoms with Gasteiger partial charge in [-0.15, -0.1) is 0 Å². The molecule has 0 fully saturated rings. The van der Waals surface area contributed by atoms with Crippen molar-refractivity contribution in [2.75, 3.05) is 0 Å². The van der Waals surface area contributed by atoms with E-state index in [0.29, 0.717) is 0 Å². The van der Waals surface area contributed by atoms with Crippen LogP contribution in [0.2, 0.25) is 0 Å². The van der Waals surface area contributed by atoms with Gasteiger partial charge < -0.3 is 0 Å². The van der Waals surface area contributed by atoms with Gasteiger partial charge in [-0.25, -0.2) is 0 Å². The van der Waals surface area contributed by atoms with Crippen LogP contribution < -0.4 is 0 Å². The van der Waals surface area contributed by atoms with Crippen molar-refractivity contribution in [3.05, 3.63) is 237 Å². The first-order chi connectivity index (χ1) is 31.8. The molecule has 314 valence electrons. The van der Waals surface area contributed by atoms with E-state index in [1.807, 2.05) is 62.1 Å². The third-order valence-electron chi connectivity index (χ3n) is 11.7. The summed E-state index contributed by atoms with van der Waals surface area (Å²) >= 11 is 0. The molecule has 9 aromatic rings. The molecule has 0 N–H and O–H groups in total. The molecule has 0 saturated heterocycles. The molecule has 4 nitrogen and oxygen atoms in total. The third-order valence-corrected chi connectivity index (χ3v) is 11.7. The average Bonchev–Trinajstić information content (AvgIpc) is 3.36. The predicted octanol–water partition coefficient (Wildman–Crippen LogP) is 16.0. The van der Waals surface area contributed by atoms with Crippen molar-refractivity contribution in [3.63, 3.8) is 0 Å². The first-order valence-corrected chi connectivity index (χ1v) is 22.1. The van der Waals surface area contributed by atoms with Gasteiger partial charge in [0.2, 0.25) is 0 Å². The van der Waals surface area contributed by atoms with E-state index < -0.39 is 0 Å². The van der Waals surface area contributed by atoms with E-state index in [1.165, 1.54) is 0 Å². The molecule has 0 radical (unpaired) electrons. The van der Waals surface area contributed by atoms with E-state index in [2.05, 4.69) is 185 Å². The lowest BCUT2D eigenvalue weighted by Gasteiger charge is -2.18. The molecule has 0 amide bonds. The highest BCUT2D eigenvalue weighted by atomic mass is 14.7. The highest BCUT2D eigenvalue weighted by molar-refractivity contribution is 5.94. The number of nitrogens with zero attached hydrogens (tertiary/aromatic N) is 4. The number of pyridine rings is 4. The first kappa shape index (κ1) is 42.2. The normalized spacial score (nSPS) is 11.8. The molecule has 9 rings (SSSR count). The van der Waals surface area contributed by atoms with Crippen LogP contribution in [0, 0.1) is 0 Å². The van der Waals surface area contributed by atoms with Crippen LogP contribution in [-0.2, 0) is 5.41 Å². The fourth-order valence-electron chi connectivity index (χ4n) is 8.36. The van der Waals surface area contributed by atoms with E-state index in [1.54, 1.807) is 6.08 Å². The lowest BCUT2D eigenvalue weighted by Crippen LogP contribution is -2.12. The molecule has 0 atom stereocenters. The molecule has 0 unspecified atom stereocenters. The number of hydrogen-bond acceptors (Lipinski definition) is 4. The molecule has 65 heavy (non-hydrogen) atoms. The second-order valence-corrected chi connectivity index (χ2v) is 17.1. The standard InChI is InChI=1S/C61H50N4/c1-6-17-42(18-7-2)57-31-27-44(38-62-57)51-21-11-14-24-54(51)48-35-49(55-25-15-12-22-52(55)45-28-32-58(63-39-45)43-19-9-8-10-20-43)37-50(36-48)56-26-16-13-23-53(56)46-29-33-59(64-40-46)47-30-34-60(65-41-47)61(3,4)5/h6-41H,1H2,2-5H3/b18-7-,42-17+. The zero-order chi connectivity index (χ0) is 44.8. The number of rotatable bonds is 11. The second-order valence-electron chi connectivity index (χ2n) is 17.1. The summed E-state index contributed by atoms with van der Waals surface area (Å²) < 4.78 is 0. The Balaban J connectivity index is 1.17. The highest BCUT2D eigenvalue weighted by Gasteiger charge is 2.18. The molecule has 4 aromatic heterocycles. The molecule has 5 aromatic carbocycles. The Labute approximate surface area is 383 Å². The summed E-state index contributed by atoms with van der Waals surface area (Å²) in [4.78, 5) is 19.6. The minimum atomic E-state index is -0.0194. The fourth-order valence-corrected chi connectivity index (χ4v) is 8.36. The van der Waals surface area contributed by atoms with Crippen molar-refractivity contribution < 1.29 is 0 Å². The van der Waals surface area contributed by atoms with Crippen molar-refractivity contribution in [1.82, 2.24) is 19.9 Å². The largest absolute Gasteiger partial charge is 0.260 e. The van der Waals surface area contributed by atoms with Gasteiger partial charge in [-0.05, 0) is 111 Å². The van der Waals surface area contributed by atoms with Crippen molar-refractivity contribution in [2.45, 2.75) is 33.1 Å². The Morgan fingerprint density at radius 2 is 0.831 bits per heavy atom. The zero-order valence-corrected chi connectivity index (χ0v) is 37.3. The lowest BCUT2D eigenvalue weighted by molar-refractivity contribution is 0.569. The summed E-state index contributed by atoms with van der Waals surface area (Å²) in [5.41, 5.74) is 19.9. The molecule has 4 heteroatoms. The maximum atomic E-state index is 4.97. The smallest absolute Gasteiger partial charge is 0.0717 e. The summed E-state index contributed by atoms with van der Waals surface area (Å²) in [6, 6.07) is 60.2. The van der Waals surface area contributed by atoms with Crippen molar-refractivity contribution in [1.29, 1.82) is 0 Å². The van der Waals surface area contributed by atoms with Gasteiger partial charge in [-0.2, -0.15) is 0 Å². The number of benzene rings is 5. The zero-order valence-electron chi connectivity index (χ0n) is 37.3. The minimum Gasteiger partial charge on any atom is -0.260 e. The lowest BCUT2D eigenvalue weighted by atomic mass is 9.86. The van der Waals surface area contributed by atoms with Crippen LogP contribution in [0.4, 0.5) is 0 Å². The Bertz CT molecular complexity index is 3150. The molecular formula is C61H50N4. The summed E-state index contributed by atoms with van der Waals surface area (Å²) in [6.45, 7) is 12.5. The van der Waals surface area contributed by atoms with Crippen LogP contribution in [0.15, 0.2) is 226 Å². The number of hydrogen-bond donors (Lipinski definition) is 0. The molecule has 0 saturated carbocycles. The highest BCUT2D eigenvalue weighted by Crippen LogP contribution is 2.42. The summed E-state index contributed by atoms with van der Waals surface area (Å²) in [7, 11) is 0. The quantitative estimate of drug-likeness (QED) is 0.122. The van der Waals surface area contributed by atoms with E-state index in [9.17, 15) is 0 Å². The van der Waals surface area contributed by atoms with Gasteiger partial charge in [0.25, 0.3) is 0 Å². The monoisotopic (exact) mass is 838 g/mol. The van der Waals surface area contributed by atoms with Gasteiger partial charge in [0, 0.05) is 63.7 Å². The fraction of sp³-hybridized carbons (Fsp3) is 0.0820. The van der Waals surface area contributed by atoms with E-state index in [4.69, 9.17) is 19.9 Å². The summed E-state index contributed by atoms with van der Waals surface area (Å²) in [5, 5.41) is 0. The van der Waals surface area contributed by atoms with E-state index in [-0.39, 0.29) is 5.41 Å². The van der Waals surface area contributed by atoms with Crippen LogP contribution in [0.1, 0.15) is 39.1 Å². The second kappa shape index (κ2) is 18.7. The number of allylic oxidation sites excluding steroid dienone is 5. The molecule has 0 bridgehead atoms. The summed E-state index contributed by atoms with van der Waals surface area (Å²) in [5.74, 6) is 0. The van der Waals surface area contributed by atoms with Gasteiger partial charge in [0.15, 0.2) is 0 Å². The molecular weight excluding hydrogens is 789 g/mol. The van der Waals surface area contributed by atoms with Crippen molar-refractivity contribution in [3.8, 4) is 89.3 Å². The number of aromatic nitrogens is 4.